The number of thiazole rings is 1. The van der Waals surface area contributed by atoms with Crippen molar-refractivity contribution in [3.05, 3.63) is 70.3 Å². The van der Waals surface area contributed by atoms with E-state index in [-0.39, 0.29) is 19.0 Å². The number of pyridine rings is 1. The van der Waals surface area contributed by atoms with Crippen molar-refractivity contribution in [3.8, 4) is 11.3 Å². The van der Waals surface area contributed by atoms with Crippen LogP contribution in [0.1, 0.15) is 22.6 Å². The van der Waals surface area contributed by atoms with E-state index in [1.165, 1.54) is 11.3 Å². The van der Waals surface area contributed by atoms with E-state index in [0.717, 1.165) is 32.3 Å². The molecule has 1 spiro atoms. The standard InChI is InChI=1S/C22H19N5O3S/c28-18(24-11-19-25-17(13-31-19)15-6-9-23-10-7-15)12-27-20(29)22(26-21(27)30)8-5-14-3-1-2-4-16(14)22/h1-4,6-7,9-10,13H,5,8,11-12H2,(H,24,28)(H,26,30). The molecule has 2 aliphatic rings. The first-order valence-corrected chi connectivity index (χ1v) is 10.8. The van der Waals surface area contributed by atoms with Crippen molar-refractivity contribution in [3.63, 3.8) is 0 Å². The zero-order valence-electron chi connectivity index (χ0n) is 16.5. The van der Waals surface area contributed by atoms with Crippen LogP contribution in [0.15, 0.2) is 54.2 Å². The zero-order chi connectivity index (χ0) is 21.4. The Kier molecular flexibility index (Phi) is 4.74. The number of urea groups is 1. The van der Waals surface area contributed by atoms with Crippen LogP contribution in [0.5, 0.6) is 0 Å². The molecule has 3 heterocycles. The first-order chi connectivity index (χ1) is 15.1. The molecule has 5 rings (SSSR count). The van der Waals surface area contributed by atoms with Crippen LogP contribution >= 0.6 is 11.3 Å². The van der Waals surface area contributed by atoms with Gasteiger partial charge in [-0.25, -0.2) is 9.78 Å². The van der Waals surface area contributed by atoms with Gasteiger partial charge in [-0.3, -0.25) is 19.5 Å². The largest absolute Gasteiger partial charge is 0.348 e. The molecule has 0 radical (unpaired) electrons. The summed E-state index contributed by atoms with van der Waals surface area (Å²) in [4.78, 5) is 47.6. The smallest absolute Gasteiger partial charge is 0.325 e. The summed E-state index contributed by atoms with van der Waals surface area (Å²) in [6, 6.07) is 10.8. The lowest BCUT2D eigenvalue weighted by molar-refractivity contribution is -0.135. The van der Waals surface area contributed by atoms with Gasteiger partial charge in [0, 0.05) is 23.3 Å². The number of nitrogens with zero attached hydrogens (tertiary/aromatic N) is 3. The summed E-state index contributed by atoms with van der Waals surface area (Å²) in [5, 5.41) is 8.23. The van der Waals surface area contributed by atoms with Gasteiger partial charge in [0.1, 0.15) is 17.1 Å². The van der Waals surface area contributed by atoms with E-state index < -0.39 is 17.5 Å². The number of rotatable bonds is 5. The van der Waals surface area contributed by atoms with E-state index in [9.17, 15) is 14.4 Å². The first-order valence-electron chi connectivity index (χ1n) is 9.91. The van der Waals surface area contributed by atoms with Crippen molar-refractivity contribution >= 4 is 29.2 Å². The molecule has 0 bridgehead atoms. The molecule has 1 atom stereocenters. The minimum absolute atomic E-state index is 0.228. The van der Waals surface area contributed by atoms with E-state index in [2.05, 4.69) is 20.6 Å². The van der Waals surface area contributed by atoms with Gasteiger partial charge in [-0.05, 0) is 36.1 Å². The van der Waals surface area contributed by atoms with Crippen molar-refractivity contribution in [2.45, 2.75) is 24.9 Å². The second-order valence-corrected chi connectivity index (χ2v) is 8.47. The van der Waals surface area contributed by atoms with Gasteiger partial charge in [0.25, 0.3) is 5.91 Å². The number of aryl methyl sites for hydroxylation is 1. The second kappa shape index (κ2) is 7.59. The molecular formula is C22H19N5O3S. The second-order valence-electron chi connectivity index (χ2n) is 7.52. The van der Waals surface area contributed by atoms with Crippen LogP contribution in [-0.2, 0) is 28.1 Å². The molecule has 1 aromatic carbocycles. The lowest BCUT2D eigenvalue weighted by Crippen LogP contribution is -2.43. The van der Waals surface area contributed by atoms with Crippen LogP contribution in [0.3, 0.4) is 0 Å². The molecule has 8 nitrogen and oxygen atoms in total. The highest BCUT2D eigenvalue weighted by atomic mass is 32.1. The highest BCUT2D eigenvalue weighted by Gasteiger charge is 2.55. The number of amides is 4. The molecule has 2 aromatic heterocycles. The quantitative estimate of drug-likeness (QED) is 0.601. The van der Waals surface area contributed by atoms with Gasteiger partial charge >= 0.3 is 6.03 Å². The molecular weight excluding hydrogens is 414 g/mol. The van der Waals surface area contributed by atoms with Crippen molar-refractivity contribution < 1.29 is 14.4 Å². The van der Waals surface area contributed by atoms with Crippen molar-refractivity contribution in [1.29, 1.82) is 0 Å². The third-order valence-corrected chi connectivity index (χ3v) is 6.54. The Hall–Kier alpha value is -3.59. The fourth-order valence-electron chi connectivity index (χ4n) is 4.15. The van der Waals surface area contributed by atoms with E-state index in [4.69, 9.17) is 0 Å². The highest BCUT2D eigenvalue weighted by Crippen LogP contribution is 2.41. The topological polar surface area (TPSA) is 104 Å². The van der Waals surface area contributed by atoms with Crippen LogP contribution in [0.25, 0.3) is 11.3 Å². The van der Waals surface area contributed by atoms with E-state index >= 15 is 0 Å². The lowest BCUT2D eigenvalue weighted by atomic mass is 9.92. The molecule has 9 heteroatoms. The summed E-state index contributed by atoms with van der Waals surface area (Å²) >= 11 is 1.43. The van der Waals surface area contributed by atoms with Crippen LogP contribution in [0.4, 0.5) is 4.79 Å². The number of aromatic nitrogens is 2. The number of hydrogen-bond acceptors (Lipinski definition) is 6. The van der Waals surface area contributed by atoms with Crippen LogP contribution in [0, 0.1) is 0 Å². The maximum Gasteiger partial charge on any atom is 0.325 e. The number of hydrogen-bond donors (Lipinski definition) is 2. The Balaban J connectivity index is 1.23. The molecule has 1 aliphatic heterocycles. The van der Waals surface area contributed by atoms with Gasteiger partial charge in [-0.15, -0.1) is 11.3 Å². The molecule has 2 N–H and O–H groups in total. The Morgan fingerprint density at radius 2 is 2.00 bits per heavy atom. The monoisotopic (exact) mass is 433 g/mol. The Morgan fingerprint density at radius 1 is 1.19 bits per heavy atom. The number of fused-ring (bicyclic) bond motifs is 2. The van der Waals surface area contributed by atoms with Gasteiger partial charge in [0.15, 0.2) is 0 Å². The van der Waals surface area contributed by atoms with Gasteiger partial charge in [0.05, 0.1) is 12.2 Å². The lowest BCUT2D eigenvalue weighted by Gasteiger charge is -2.22. The fraction of sp³-hybridized carbons (Fsp3) is 0.227. The van der Waals surface area contributed by atoms with Gasteiger partial charge in [-0.2, -0.15) is 0 Å². The number of nitrogens with one attached hydrogen (secondary N) is 2. The first kappa shape index (κ1) is 19.4. The third-order valence-electron chi connectivity index (χ3n) is 5.69. The number of imide groups is 1. The third kappa shape index (κ3) is 3.36. The van der Waals surface area contributed by atoms with Gasteiger partial charge < -0.3 is 10.6 Å². The van der Waals surface area contributed by atoms with Gasteiger partial charge in [0.2, 0.25) is 5.91 Å². The summed E-state index contributed by atoms with van der Waals surface area (Å²) < 4.78 is 0. The number of benzene rings is 1. The molecule has 1 unspecified atom stereocenters. The molecule has 4 amide bonds. The molecule has 1 saturated heterocycles. The normalized spacial score (nSPS) is 19.5. The SMILES string of the molecule is O=C(CN1C(=O)NC2(CCc3ccccc32)C1=O)NCc1nc(-c2ccncc2)cs1. The maximum absolute atomic E-state index is 13.1. The molecule has 31 heavy (non-hydrogen) atoms. The molecule has 0 saturated carbocycles. The predicted molar refractivity (Wildman–Crippen MR) is 114 cm³/mol. The van der Waals surface area contributed by atoms with Crippen LogP contribution in [0.2, 0.25) is 0 Å². The van der Waals surface area contributed by atoms with Gasteiger partial charge in [-0.1, -0.05) is 24.3 Å². The minimum Gasteiger partial charge on any atom is -0.348 e. The number of carbonyl (C=O) groups is 3. The fourth-order valence-corrected chi connectivity index (χ4v) is 4.90. The average molecular weight is 433 g/mol. The molecule has 156 valence electrons. The van der Waals surface area contributed by atoms with Crippen molar-refractivity contribution in [2.75, 3.05) is 6.54 Å². The summed E-state index contributed by atoms with van der Waals surface area (Å²) in [5.41, 5.74) is 2.58. The summed E-state index contributed by atoms with van der Waals surface area (Å²) in [6.07, 6.45) is 4.62. The van der Waals surface area contributed by atoms with E-state index in [0.29, 0.717) is 12.8 Å². The van der Waals surface area contributed by atoms with Crippen molar-refractivity contribution in [2.24, 2.45) is 0 Å². The average Bonchev–Trinajstić information content (AvgIpc) is 3.47. The number of carbonyl (C=O) groups excluding carboxylic acids is 3. The maximum atomic E-state index is 13.1. The summed E-state index contributed by atoms with van der Waals surface area (Å²) in [5.74, 6) is -0.778. The summed E-state index contributed by atoms with van der Waals surface area (Å²) in [6.45, 7) is -0.0939. The zero-order valence-corrected chi connectivity index (χ0v) is 17.3. The van der Waals surface area contributed by atoms with E-state index in [1.54, 1.807) is 12.4 Å². The Bertz CT molecular complexity index is 1180. The van der Waals surface area contributed by atoms with E-state index in [1.807, 2.05) is 41.8 Å². The molecule has 1 aliphatic carbocycles. The van der Waals surface area contributed by atoms with Crippen LogP contribution in [-0.4, -0.2) is 39.3 Å². The Morgan fingerprint density at radius 3 is 2.84 bits per heavy atom. The summed E-state index contributed by atoms with van der Waals surface area (Å²) in [7, 11) is 0. The Labute approximate surface area is 182 Å². The highest BCUT2D eigenvalue weighted by molar-refractivity contribution is 7.09. The minimum atomic E-state index is -1.05. The van der Waals surface area contributed by atoms with Crippen LogP contribution < -0.4 is 10.6 Å². The molecule has 1 fully saturated rings. The predicted octanol–water partition coefficient (Wildman–Crippen LogP) is 2.21. The van der Waals surface area contributed by atoms with Crippen molar-refractivity contribution in [1.82, 2.24) is 25.5 Å². The molecule has 3 aromatic rings.